The lowest BCUT2D eigenvalue weighted by Crippen LogP contribution is -2.24. The molecule has 2 aromatic heterocycles. The number of aryl methyl sites for hydroxylation is 1. The second kappa shape index (κ2) is 6.10. The molecule has 1 aliphatic rings. The third-order valence-electron chi connectivity index (χ3n) is 3.61. The Hall–Kier alpha value is -2.64. The fourth-order valence-electron chi connectivity index (χ4n) is 2.51. The summed E-state index contributed by atoms with van der Waals surface area (Å²) in [5.74, 6) is 1.13. The van der Waals surface area contributed by atoms with E-state index in [4.69, 9.17) is 4.74 Å². The molecule has 0 spiro atoms. The van der Waals surface area contributed by atoms with Gasteiger partial charge >= 0.3 is 6.01 Å². The van der Waals surface area contributed by atoms with Gasteiger partial charge in [0, 0.05) is 24.0 Å². The summed E-state index contributed by atoms with van der Waals surface area (Å²) in [6, 6.07) is 11.5. The number of hydrogen-bond donors (Lipinski definition) is 0. The Morgan fingerprint density at radius 2 is 2.08 bits per heavy atom. The Bertz CT molecular complexity index is 890. The van der Waals surface area contributed by atoms with Gasteiger partial charge in [0.1, 0.15) is 17.1 Å². The van der Waals surface area contributed by atoms with Crippen LogP contribution in [0.5, 0.6) is 11.8 Å². The number of benzene rings is 1. The molecule has 0 radical (unpaired) electrons. The molecular weight excluding hydrogens is 324 g/mol. The molecule has 0 fully saturated rings. The Labute approximate surface area is 142 Å². The zero-order chi connectivity index (χ0) is 16.5. The minimum atomic E-state index is -1.27. The van der Waals surface area contributed by atoms with Gasteiger partial charge in [-0.05, 0) is 24.6 Å². The number of fused-ring (bicyclic) bond motifs is 1. The quantitative estimate of drug-likeness (QED) is 0.684. The van der Waals surface area contributed by atoms with Gasteiger partial charge in [0.05, 0.1) is 12.7 Å². The highest BCUT2D eigenvalue weighted by Gasteiger charge is 2.35. The summed E-state index contributed by atoms with van der Waals surface area (Å²) in [6.07, 6.45) is 4.95. The molecule has 4 rings (SSSR count). The molecule has 1 aliphatic heterocycles. The Morgan fingerprint density at radius 1 is 1.21 bits per heavy atom. The summed E-state index contributed by atoms with van der Waals surface area (Å²) in [5, 5.41) is 0. The van der Waals surface area contributed by atoms with Crippen molar-refractivity contribution in [1.29, 1.82) is 0 Å². The van der Waals surface area contributed by atoms with Crippen LogP contribution in [0.15, 0.2) is 59.9 Å². The molecule has 0 N–H and O–H groups in total. The average molecular weight is 338 g/mol. The second-order valence-electron chi connectivity index (χ2n) is 5.39. The molecule has 1 aromatic carbocycles. The molecule has 6 nitrogen and oxygen atoms in total. The van der Waals surface area contributed by atoms with Crippen molar-refractivity contribution in [3.8, 4) is 11.8 Å². The second-order valence-corrected chi connectivity index (χ2v) is 6.77. The van der Waals surface area contributed by atoms with Crippen LogP contribution in [0.1, 0.15) is 11.1 Å². The minimum Gasteiger partial charge on any atom is -0.588 e. The monoisotopic (exact) mass is 338 g/mol. The first-order chi connectivity index (χ1) is 11.7. The fraction of sp³-hybridized carbons (Fsp3) is 0.118. The topological polar surface area (TPSA) is 74.2 Å². The highest BCUT2D eigenvalue weighted by Crippen LogP contribution is 2.33. The molecule has 7 heteroatoms. The van der Waals surface area contributed by atoms with Gasteiger partial charge in [0.15, 0.2) is 10.7 Å². The van der Waals surface area contributed by atoms with E-state index in [0.717, 1.165) is 16.0 Å². The van der Waals surface area contributed by atoms with Crippen LogP contribution in [-0.2, 0) is 17.9 Å². The van der Waals surface area contributed by atoms with Crippen molar-refractivity contribution in [2.75, 3.05) is 4.31 Å². The van der Waals surface area contributed by atoms with Gasteiger partial charge in [-0.15, -0.1) is 0 Å². The first kappa shape index (κ1) is 14.9. The highest BCUT2D eigenvalue weighted by atomic mass is 32.2. The Morgan fingerprint density at radius 3 is 2.92 bits per heavy atom. The summed E-state index contributed by atoms with van der Waals surface area (Å²) in [6.45, 7) is 2.48. The van der Waals surface area contributed by atoms with Gasteiger partial charge < -0.3 is 9.29 Å². The molecule has 1 unspecified atom stereocenters. The van der Waals surface area contributed by atoms with Crippen LogP contribution >= 0.6 is 0 Å². The maximum Gasteiger partial charge on any atom is 0.324 e. The maximum atomic E-state index is 12.6. The Kier molecular flexibility index (Phi) is 3.79. The van der Waals surface area contributed by atoms with Gasteiger partial charge in [0.25, 0.3) is 0 Å². The number of anilines is 1. The number of pyridine rings is 1. The van der Waals surface area contributed by atoms with E-state index < -0.39 is 11.4 Å². The summed E-state index contributed by atoms with van der Waals surface area (Å²) in [5.41, 5.74) is 2.03. The van der Waals surface area contributed by atoms with Crippen LogP contribution in [-0.4, -0.2) is 19.5 Å². The molecule has 3 heterocycles. The molecule has 0 saturated heterocycles. The van der Waals surface area contributed by atoms with E-state index >= 15 is 0 Å². The number of aromatic nitrogens is 3. The molecule has 1 atom stereocenters. The summed E-state index contributed by atoms with van der Waals surface area (Å²) in [7, 11) is 0. The van der Waals surface area contributed by atoms with Gasteiger partial charge in [0.2, 0.25) is 0 Å². The van der Waals surface area contributed by atoms with Crippen molar-refractivity contribution in [1.82, 2.24) is 15.0 Å². The van der Waals surface area contributed by atoms with Crippen LogP contribution in [0.3, 0.4) is 0 Å². The third-order valence-corrected chi connectivity index (χ3v) is 5.10. The number of rotatable bonds is 3. The SMILES string of the molecule is Cc1cncc(Oc2nccc(N3Cc4ccccc4[S+]3[O-])n2)c1. The molecule has 24 heavy (non-hydrogen) atoms. The molecule has 0 bridgehead atoms. The fourth-order valence-corrected chi connectivity index (χ4v) is 3.83. The number of ether oxygens (including phenoxy) is 1. The minimum absolute atomic E-state index is 0.202. The molecule has 0 saturated carbocycles. The zero-order valence-corrected chi connectivity index (χ0v) is 13.7. The van der Waals surface area contributed by atoms with Crippen molar-refractivity contribution < 1.29 is 9.29 Å². The molecular formula is C17H14N4O2S. The van der Waals surface area contributed by atoms with E-state index in [2.05, 4.69) is 15.0 Å². The van der Waals surface area contributed by atoms with Gasteiger partial charge in [-0.25, -0.2) is 4.98 Å². The van der Waals surface area contributed by atoms with Gasteiger partial charge in [-0.2, -0.15) is 9.29 Å². The number of hydrogen-bond acceptors (Lipinski definition) is 6. The molecule has 120 valence electrons. The number of nitrogens with zero attached hydrogens (tertiary/aromatic N) is 4. The van der Waals surface area contributed by atoms with E-state index in [1.54, 1.807) is 29.0 Å². The first-order valence-electron chi connectivity index (χ1n) is 7.40. The van der Waals surface area contributed by atoms with Crippen molar-refractivity contribution >= 4 is 17.2 Å². The van der Waals surface area contributed by atoms with E-state index in [9.17, 15) is 4.55 Å². The van der Waals surface area contributed by atoms with E-state index in [0.29, 0.717) is 18.1 Å². The predicted octanol–water partition coefficient (Wildman–Crippen LogP) is 3.02. The predicted molar refractivity (Wildman–Crippen MR) is 90.1 cm³/mol. The summed E-state index contributed by atoms with van der Waals surface area (Å²) >= 11 is -1.27. The lowest BCUT2D eigenvalue weighted by Gasteiger charge is -2.17. The largest absolute Gasteiger partial charge is 0.588 e. The van der Waals surface area contributed by atoms with Crippen LogP contribution in [0, 0.1) is 6.92 Å². The van der Waals surface area contributed by atoms with Crippen LogP contribution in [0.25, 0.3) is 0 Å². The first-order valence-corrected chi connectivity index (χ1v) is 8.51. The standard InChI is InChI=1S/C17H14N4O2S/c1-12-8-14(10-18-9-12)23-17-19-7-6-16(20-17)21-11-13-4-2-3-5-15(13)24(21)22/h2-10H,11H2,1H3. The van der Waals surface area contributed by atoms with Crippen molar-refractivity contribution in [2.24, 2.45) is 0 Å². The Balaban J connectivity index is 1.60. The maximum absolute atomic E-state index is 12.6. The lowest BCUT2D eigenvalue weighted by molar-refractivity contribution is 0.439. The molecule has 0 aliphatic carbocycles. The van der Waals surface area contributed by atoms with Crippen molar-refractivity contribution in [3.05, 3.63) is 66.1 Å². The van der Waals surface area contributed by atoms with E-state index in [1.807, 2.05) is 37.3 Å². The van der Waals surface area contributed by atoms with Crippen LogP contribution < -0.4 is 9.04 Å². The van der Waals surface area contributed by atoms with Gasteiger partial charge in [-0.1, -0.05) is 18.2 Å². The summed E-state index contributed by atoms with van der Waals surface area (Å²) < 4.78 is 20.0. The van der Waals surface area contributed by atoms with Crippen molar-refractivity contribution in [3.63, 3.8) is 0 Å². The third kappa shape index (κ3) is 2.79. The zero-order valence-electron chi connectivity index (χ0n) is 12.9. The lowest BCUT2D eigenvalue weighted by atomic mass is 10.2. The average Bonchev–Trinajstić information content (AvgIpc) is 2.93. The smallest absolute Gasteiger partial charge is 0.324 e. The normalized spacial score (nSPS) is 16.1. The highest BCUT2D eigenvalue weighted by molar-refractivity contribution is 7.93. The van der Waals surface area contributed by atoms with Crippen LogP contribution in [0.2, 0.25) is 0 Å². The van der Waals surface area contributed by atoms with Gasteiger partial charge in [-0.3, -0.25) is 4.98 Å². The van der Waals surface area contributed by atoms with Crippen LogP contribution in [0.4, 0.5) is 5.82 Å². The van der Waals surface area contributed by atoms with Crippen molar-refractivity contribution in [2.45, 2.75) is 18.4 Å². The summed E-state index contributed by atoms with van der Waals surface area (Å²) in [4.78, 5) is 13.4. The molecule has 3 aromatic rings. The van der Waals surface area contributed by atoms with E-state index in [1.165, 1.54) is 0 Å². The van der Waals surface area contributed by atoms with E-state index in [-0.39, 0.29) is 6.01 Å². The molecule has 0 amide bonds.